The Morgan fingerprint density at radius 3 is 2.25 bits per heavy atom. The van der Waals surface area contributed by atoms with E-state index in [1.165, 1.54) is 9.31 Å². The number of hydrogen-bond acceptors (Lipinski definition) is 3. The summed E-state index contributed by atoms with van der Waals surface area (Å²) in [6.45, 7) is 4.61. The van der Waals surface area contributed by atoms with Gasteiger partial charge < -0.3 is 0 Å². The van der Waals surface area contributed by atoms with Gasteiger partial charge in [0.25, 0.3) is 0 Å². The van der Waals surface area contributed by atoms with Gasteiger partial charge in [0.2, 0.25) is 5.29 Å². The third kappa shape index (κ3) is 4.43. The second kappa shape index (κ2) is 8.86. The van der Waals surface area contributed by atoms with Gasteiger partial charge in [0.1, 0.15) is 0 Å². The predicted molar refractivity (Wildman–Crippen MR) is 114 cm³/mol. The Morgan fingerprint density at radius 1 is 1.11 bits per heavy atom. The molecular formula is C20H23ClN4O2S. The van der Waals surface area contributed by atoms with E-state index in [4.69, 9.17) is 11.6 Å². The predicted octanol–water partition coefficient (Wildman–Crippen LogP) is 3.67. The maximum Gasteiger partial charge on any atom is 0.325 e. The van der Waals surface area contributed by atoms with Gasteiger partial charge in [-0.3, -0.25) is 0 Å². The summed E-state index contributed by atoms with van der Waals surface area (Å²) >= 11 is 6.30. The van der Waals surface area contributed by atoms with Crippen LogP contribution in [-0.2, 0) is 10.2 Å². The van der Waals surface area contributed by atoms with Crippen LogP contribution < -0.4 is 0 Å². The van der Waals surface area contributed by atoms with Crippen LogP contribution in [0, 0.1) is 0 Å². The minimum absolute atomic E-state index is 0.0382. The van der Waals surface area contributed by atoms with E-state index in [0.29, 0.717) is 19.6 Å². The molecule has 148 valence electrons. The lowest BCUT2D eigenvalue weighted by molar-refractivity contribution is 0.443. The molecule has 0 saturated heterocycles. The van der Waals surface area contributed by atoms with E-state index in [-0.39, 0.29) is 11.2 Å². The van der Waals surface area contributed by atoms with Crippen molar-refractivity contribution >= 4 is 32.8 Å². The molecule has 0 radical (unpaired) electrons. The molecule has 1 aliphatic heterocycles. The molecular weight excluding hydrogens is 396 g/mol. The molecule has 6 nitrogen and oxygen atoms in total. The van der Waals surface area contributed by atoms with Crippen LogP contribution >= 0.6 is 11.6 Å². The summed E-state index contributed by atoms with van der Waals surface area (Å²) in [5.41, 5.74) is 2.89. The molecule has 0 N–H and O–H groups in total. The Bertz CT molecular complexity index is 958. The Labute approximate surface area is 171 Å². The average molecular weight is 419 g/mol. The van der Waals surface area contributed by atoms with E-state index in [1.54, 1.807) is 13.8 Å². The zero-order valence-electron chi connectivity index (χ0n) is 15.9. The monoisotopic (exact) mass is 418 g/mol. The molecule has 2 aromatic rings. The highest BCUT2D eigenvalue weighted by molar-refractivity contribution is 7.88. The maximum absolute atomic E-state index is 12.4. The number of rotatable bonds is 6. The van der Waals surface area contributed by atoms with Crippen LogP contribution in [0.5, 0.6) is 0 Å². The van der Waals surface area contributed by atoms with E-state index < -0.39 is 10.2 Å². The molecule has 1 unspecified atom stereocenters. The number of hydrogen-bond donors (Lipinski definition) is 0. The second-order valence-corrected chi connectivity index (χ2v) is 8.25. The first-order chi connectivity index (χ1) is 13.5. The van der Waals surface area contributed by atoms with Crippen molar-refractivity contribution in [3.8, 4) is 0 Å². The van der Waals surface area contributed by atoms with Gasteiger partial charge in [-0.25, -0.2) is 5.01 Å². The highest BCUT2D eigenvalue weighted by Crippen LogP contribution is 2.29. The molecule has 0 amide bonds. The topological polar surface area (TPSA) is 65.3 Å². The zero-order chi connectivity index (χ0) is 20.1. The Hall–Kier alpha value is -2.22. The van der Waals surface area contributed by atoms with Crippen molar-refractivity contribution in [3.05, 3.63) is 71.8 Å². The molecule has 1 aliphatic rings. The van der Waals surface area contributed by atoms with Crippen molar-refractivity contribution in [2.75, 3.05) is 19.6 Å². The minimum atomic E-state index is -3.84. The molecule has 28 heavy (non-hydrogen) atoms. The van der Waals surface area contributed by atoms with Crippen LogP contribution in [0.4, 0.5) is 0 Å². The summed E-state index contributed by atoms with van der Waals surface area (Å²) in [4.78, 5) is 0. The lowest BCUT2D eigenvalue weighted by Gasteiger charge is -2.17. The molecule has 0 bridgehead atoms. The van der Waals surface area contributed by atoms with E-state index in [1.807, 2.05) is 60.7 Å². The molecule has 1 heterocycles. The Balaban J connectivity index is 1.97. The highest BCUT2D eigenvalue weighted by Gasteiger charge is 2.32. The van der Waals surface area contributed by atoms with Gasteiger partial charge in [-0.2, -0.15) is 17.8 Å². The normalized spacial score (nSPS) is 17.9. The summed E-state index contributed by atoms with van der Waals surface area (Å²) in [5, 5.41) is 5.92. The van der Waals surface area contributed by atoms with Crippen LogP contribution in [0.15, 0.2) is 70.2 Å². The summed E-state index contributed by atoms with van der Waals surface area (Å²) in [7, 11) is -3.84. The molecule has 0 aliphatic carbocycles. The van der Waals surface area contributed by atoms with Crippen LogP contribution in [-0.4, -0.2) is 48.4 Å². The van der Waals surface area contributed by atoms with E-state index in [2.05, 4.69) is 9.50 Å². The van der Waals surface area contributed by atoms with Crippen molar-refractivity contribution in [1.82, 2.24) is 9.31 Å². The van der Waals surface area contributed by atoms with Gasteiger partial charge in [0.05, 0.1) is 12.3 Å². The summed E-state index contributed by atoms with van der Waals surface area (Å²) in [6, 6.07) is 19.8. The van der Waals surface area contributed by atoms with Crippen LogP contribution in [0.1, 0.15) is 30.9 Å². The third-order valence-corrected chi connectivity index (χ3v) is 6.57. The molecule has 0 saturated carbocycles. The van der Waals surface area contributed by atoms with Gasteiger partial charge in [-0.05, 0) is 22.7 Å². The first kappa shape index (κ1) is 20.5. The Kier molecular flexibility index (Phi) is 6.49. The third-order valence-electron chi connectivity index (χ3n) is 4.62. The maximum atomic E-state index is 12.4. The lowest BCUT2D eigenvalue weighted by atomic mass is 9.91. The number of nitrogens with zero attached hydrogens (tertiary/aromatic N) is 4. The summed E-state index contributed by atoms with van der Waals surface area (Å²) < 4.78 is 29.9. The zero-order valence-corrected chi connectivity index (χ0v) is 17.4. The molecule has 0 spiro atoms. The molecule has 0 aromatic heterocycles. The van der Waals surface area contributed by atoms with Crippen molar-refractivity contribution in [2.45, 2.75) is 19.8 Å². The van der Waals surface area contributed by atoms with Gasteiger partial charge in [-0.1, -0.05) is 74.5 Å². The van der Waals surface area contributed by atoms with Gasteiger partial charge >= 0.3 is 10.2 Å². The van der Waals surface area contributed by atoms with E-state index in [9.17, 15) is 8.42 Å². The van der Waals surface area contributed by atoms with Gasteiger partial charge in [-0.15, -0.1) is 4.40 Å². The molecule has 3 rings (SSSR count). The summed E-state index contributed by atoms with van der Waals surface area (Å²) in [6.07, 6.45) is 0. The molecule has 2 aromatic carbocycles. The first-order valence-electron chi connectivity index (χ1n) is 9.18. The molecule has 8 heteroatoms. The smallest absolute Gasteiger partial charge is 0.236 e. The number of benzene rings is 2. The van der Waals surface area contributed by atoms with E-state index >= 15 is 0 Å². The van der Waals surface area contributed by atoms with Crippen LogP contribution in [0.2, 0.25) is 0 Å². The SMILES string of the molecule is CCN(CC)S(=O)(=O)/N=C(/Cl)N1CC(c2ccccc2)C(c2ccccc2)=N1. The molecule has 0 fully saturated rings. The van der Waals surface area contributed by atoms with Crippen molar-refractivity contribution in [3.63, 3.8) is 0 Å². The second-order valence-electron chi connectivity index (χ2n) is 6.32. The summed E-state index contributed by atoms with van der Waals surface area (Å²) in [5.74, 6) is -0.0382. The van der Waals surface area contributed by atoms with Crippen molar-refractivity contribution in [1.29, 1.82) is 0 Å². The standard InChI is InChI=1S/C20H23ClN4O2S/c1-3-24(4-2)28(26,27)23-20(21)25-15-18(16-11-7-5-8-12-16)19(22-25)17-13-9-6-10-14-17/h5-14,18H,3-4,15H2,1-2H3/b23-20-. The Morgan fingerprint density at radius 2 is 1.68 bits per heavy atom. The van der Waals surface area contributed by atoms with E-state index in [0.717, 1.165) is 16.8 Å². The van der Waals surface area contributed by atoms with Crippen LogP contribution in [0.3, 0.4) is 0 Å². The average Bonchev–Trinajstić information content (AvgIpc) is 3.15. The fourth-order valence-electron chi connectivity index (χ4n) is 3.18. The minimum Gasteiger partial charge on any atom is -0.236 e. The van der Waals surface area contributed by atoms with Crippen molar-refractivity contribution < 1.29 is 8.42 Å². The fourth-order valence-corrected chi connectivity index (χ4v) is 4.60. The quantitative estimate of drug-likeness (QED) is 0.408. The first-order valence-corrected chi connectivity index (χ1v) is 11.0. The fraction of sp³-hybridized carbons (Fsp3) is 0.300. The van der Waals surface area contributed by atoms with Crippen molar-refractivity contribution in [2.24, 2.45) is 9.50 Å². The highest BCUT2D eigenvalue weighted by atomic mass is 35.5. The largest absolute Gasteiger partial charge is 0.325 e. The number of halogens is 1. The van der Waals surface area contributed by atoms with Gasteiger partial charge in [0.15, 0.2) is 0 Å². The molecule has 1 atom stereocenters. The lowest BCUT2D eigenvalue weighted by Crippen LogP contribution is -2.31. The van der Waals surface area contributed by atoms with Crippen LogP contribution in [0.25, 0.3) is 0 Å². The van der Waals surface area contributed by atoms with Gasteiger partial charge in [0, 0.05) is 19.0 Å². The number of amidine groups is 1. The number of hydrazone groups is 1.